The van der Waals surface area contributed by atoms with E-state index in [0.717, 1.165) is 28.5 Å². The van der Waals surface area contributed by atoms with Crippen molar-refractivity contribution in [2.45, 2.75) is 13.3 Å². The van der Waals surface area contributed by atoms with E-state index in [0.29, 0.717) is 6.54 Å². The maximum atomic E-state index is 5.44. The molecule has 74 valence electrons. The monoisotopic (exact) mass is 210 g/mol. The summed E-state index contributed by atoms with van der Waals surface area (Å²) in [4.78, 5) is 4.38. The Labute approximate surface area is 84.9 Å². The molecule has 2 rings (SSSR count). The molecule has 6 heteroatoms. The lowest BCUT2D eigenvalue weighted by Gasteiger charge is -1.89. The number of aromatic nitrogens is 3. The molecule has 0 unspecified atom stereocenters. The molecule has 0 fully saturated rings. The van der Waals surface area contributed by atoms with Gasteiger partial charge in [-0.3, -0.25) is 0 Å². The smallest absolute Gasteiger partial charge is 0.166 e. The third kappa shape index (κ3) is 1.66. The number of rotatable bonds is 3. The van der Waals surface area contributed by atoms with E-state index in [1.807, 2.05) is 12.3 Å². The third-order valence-electron chi connectivity index (χ3n) is 1.81. The summed E-state index contributed by atoms with van der Waals surface area (Å²) in [7, 11) is 0. The predicted octanol–water partition coefficient (Wildman–Crippen LogP) is 1.00. The van der Waals surface area contributed by atoms with Gasteiger partial charge in [0.2, 0.25) is 0 Å². The Balaban J connectivity index is 2.29. The molecular weight excluding hydrogens is 200 g/mol. The second-order valence-corrected chi connectivity index (χ2v) is 3.74. The van der Waals surface area contributed by atoms with Crippen molar-refractivity contribution in [2.75, 3.05) is 6.54 Å². The molecule has 2 heterocycles. The van der Waals surface area contributed by atoms with Crippen LogP contribution in [0.25, 0.3) is 10.7 Å². The van der Waals surface area contributed by atoms with Gasteiger partial charge in [0.15, 0.2) is 5.69 Å². The first-order chi connectivity index (χ1) is 6.81. The third-order valence-corrected chi connectivity index (χ3v) is 2.71. The van der Waals surface area contributed by atoms with Crippen LogP contribution in [-0.4, -0.2) is 21.8 Å². The first-order valence-electron chi connectivity index (χ1n) is 4.25. The summed E-state index contributed by atoms with van der Waals surface area (Å²) < 4.78 is 4.61. The molecule has 5 nitrogen and oxygen atoms in total. The largest absolute Gasteiger partial charge is 0.330 e. The first kappa shape index (κ1) is 9.29. The number of thiazole rings is 1. The van der Waals surface area contributed by atoms with E-state index in [4.69, 9.17) is 5.73 Å². The minimum Gasteiger partial charge on any atom is -0.330 e. The molecule has 0 amide bonds. The summed E-state index contributed by atoms with van der Waals surface area (Å²) >= 11 is 1.53. The van der Waals surface area contributed by atoms with Crippen LogP contribution < -0.4 is 5.73 Å². The molecule has 0 aromatic carbocycles. The maximum Gasteiger partial charge on any atom is 0.166 e. The molecule has 0 saturated carbocycles. The van der Waals surface area contributed by atoms with Gasteiger partial charge in [0.25, 0.3) is 0 Å². The predicted molar refractivity (Wildman–Crippen MR) is 52.9 cm³/mol. The van der Waals surface area contributed by atoms with Gasteiger partial charge in [0, 0.05) is 11.8 Å². The van der Waals surface area contributed by atoms with Crippen LogP contribution in [0.2, 0.25) is 0 Å². The van der Waals surface area contributed by atoms with Crippen LogP contribution in [0.4, 0.5) is 0 Å². The van der Waals surface area contributed by atoms with Crippen molar-refractivity contribution in [3.8, 4) is 10.7 Å². The Morgan fingerprint density at radius 3 is 3.00 bits per heavy atom. The number of hydrogen-bond donors (Lipinski definition) is 1. The van der Waals surface area contributed by atoms with Gasteiger partial charge in [-0.15, -0.1) is 11.3 Å². The summed E-state index contributed by atoms with van der Waals surface area (Å²) in [6, 6.07) is 0. The molecule has 0 radical (unpaired) electrons. The van der Waals surface area contributed by atoms with E-state index < -0.39 is 0 Å². The fourth-order valence-corrected chi connectivity index (χ4v) is 1.99. The number of nitrogens with two attached hydrogens (primary N) is 1. The van der Waals surface area contributed by atoms with E-state index in [1.54, 1.807) is 0 Å². The summed E-state index contributed by atoms with van der Waals surface area (Å²) in [6.45, 7) is 2.45. The maximum absolute atomic E-state index is 5.44. The molecule has 0 spiro atoms. The Kier molecular flexibility index (Phi) is 2.55. The Morgan fingerprint density at radius 2 is 2.36 bits per heavy atom. The molecule has 0 aliphatic rings. The highest BCUT2D eigenvalue weighted by atomic mass is 32.1. The van der Waals surface area contributed by atoms with Crippen LogP contribution in [0, 0.1) is 6.92 Å². The molecule has 14 heavy (non-hydrogen) atoms. The molecule has 0 saturated heterocycles. The zero-order chi connectivity index (χ0) is 9.97. The van der Waals surface area contributed by atoms with Gasteiger partial charge < -0.3 is 5.73 Å². The van der Waals surface area contributed by atoms with Crippen LogP contribution in [0.15, 0.2) is 10.0 Å². The average Bonchev–Trinajstić information content (AvgIpc) is 2.74. The number of aryl methyl sites for hydroxylation is 1. The fourth-order valence-electron chi connectivity index (χ4n) is 1.10. The summed E-state index contributed by atoms with van der Waals surface area (Å²) in [6.07, 6.45) is 0.792. The van der Waals surface area contributed by atoms with Gasteiger partial charge in [-0.1, -0.05) is 5.16 Å². The van der Waals surface area contributed by atoms with Crippen molar-refractivity contribution in [1.29, 1.82) is 0 Å². The van der Waals surface area contributed by atoms with Gasteiger partial charge in [-0.2, -0.15) is 0 Å². The minimum atomic E-state index is 0.610. The molecule has 2 N–H and O–H groups in total. The topological polar surface area (TPSA) is 77.8 Å². The molecule has 0 bridgehead atoms. The second kappa shape index (κ2) is 3.85. The molecule has 0 atom stereocenters. The van der Waals surface area contributed by atoms with Crippen LogP contribution >= 0.6 is 11.3 Å². The Bertz CT molecular complexity index is 422. The van der Waals surface area contributed by atoms with Crippen LogP contribution in [-0.2, 0) is 6.42 Å². The van der Waals surface area contributed by atoms with Crippen molar-refractivity contribution in [2.24, 2.45) is 5.73 Å². The van der Waals surface area contributed by atoms with Crippen molar-refractivity contribution in [3.05, 3.63) is 16.8 Å². The highest BCUT2D eigenvalue weighted by molar-refractivity contribution is 7.13. The minimum absolute atomic E-state index is 0.610. The summed E-state index contributed by atoms with van der Waals surface area (Å²) in [5, 5.41) is 10.3. The standard InChI is InChI=1S/C8H10N4OS/c1-5-7(12-13-11-5)8-10-6(2-3-9)4-14-8/h4H,2-3,9H2,1H3. The zero-order valence-corrected chi connectivity index (χ0v) is 8.54. The van der Waals surface area contributed by atoms with Crippen molar-refractivity contribution in [3.63, 3.8) is 0 Å². The number of hydrogen-bond acceptors (Lipinski definition) is 6. The lowest BCUT2D eigenvalue weighted by Crippen LogP contribution is -2.02. The van der Waals surface area contributed by atoms with Crippen LogP contribution in [0.3, 0.4) is 0 Å². The Hall–Kier alpha value is -1.27. The molecule has 0 aliphatic carbocycles. The summed E-state index contributed by atoms with van der Waals surface area (Å²) in [5.74, 6) is 0. The fraction of sp³-hybridized carbons (Fsp3) is 0.375. The zero-order valence-electron chi connectivity index (χ0n) is 7.73. The normalized spacial score (nSPS) is 10.7. The molecule has 2 aromatic rings. The van der Waals surface area contributed by atoms with E-state index >= 15 is 0 Å². The van der Waals surface area contributed by atoms with Crippen molar-refractivity contribution < 1.29 is 4.63 Å². The van der Waals surface area contributed by atoms with Gasteiger partial charge >= 0.3 is 0 Å². The second-order valence-electron chi connectivity index (χ2n) is 2.88. The Morgan fingerprint density at radius 1 is 1.50 bits per heavy atom. The summed E-state index contributed by atoms with van der Waals surface area (Å²) in [5.41, 5.74) is 7.92. The van der Waals surface area contributed by atoms with Crippen molar-refractivity contribution in [1.82, 2.24) is 15.3 Å². The highest BCUT2D eigenvalue weighted by Gasteiger charge is 2.11. The average molecular weight is 210 g/mol. The lowest BCUT2D eigenvalue weighted by atomic mass is 10.3. The van der Waals surface area contributed by atoms with Gasteiger partial charge in [-0.05, 0) is 18.6 Å². The van der Waals surface area contributed by atoms with E-state index in [9.17, 15) is 0 Å². The quantitative estimate of drug-likeness (QED) is 0.817. The molecule has 2 aromatic heterocycles. The first-order valence-corrected chi connectivity index (χ1v) is 5.13. The molecule has 0 aliphatic heterocycles. The van der Waals surface area contributed by atoms with E-state index in [-0.39, 0.29) is 0 Å². The van der Waals surface area contributed by atoms with Gasteiger partial charge in [0.05, 0.1) is 5.69 Å². The highest BCUT2D eigenvalue weighted by Crippen LogP contribution is 2.23. The SMILES string of the molecule is Cc1nonc1-c1nc(CCN)cs1. The lowest BCUT2D eigenvalue weighted by molar-refractivity contribution is 0.306. The van der Waals surface area contributed by atoms with Crippen LogP contribution in [0.1, 0.15) is 11.4 Å². The van der Waals surface area contributed by atoms with Gasteiger partial charge in [0.1, 0.15) is 10.7 Å². The van der Waals surface area contributed by atoms with Gasteiger partial charge in [-0.25, -0.2) is 9.61 Å². The number of nitrogens with zero attached hydrogens (tertiary/aromatic N) is 3. The van der Waals surface area contributed by atoms with Crippen LogP contribution in [0.5, 0.6) is 0 Å². The van der Waals surface area contributed by atoms with Crippen molar-refractivity contribution >= 4 is 11.3 Å². The molecular formula is C8H10N4OS. The van der Waals surface area contributed by atoms with E-state index in [1.165, 1.54) is 11.3 Å². The van der Waals surface area contributed by atoms with E-state index in [2.05, 4.69) is 19.9 Å².